The maximum atomic E-state index is 14.1. The van der Waals surface area contributed by atoms with Crippen molar-refractivity contribution in [2.24, 2.45) is 50.2 Å². The molecule has 0 aliphatic heterocycles. The van der Waals surface area contributed by atoms with Crippen LogP contribution in [0.5, 0.6) is 0 Å². The van der Waals surface area contributed by atoms with Gasteiger partial charge in [0.25, 0.3) is 0 Å². The first-order chi connectivity index (χ1) is 15.2. The molecule has 0 radical (unpaired) electrons. The number of hydrogen-bond acceptors (Lipinski definition) is 3. The Morgan fingerprint density at radius 3 is 2.24 bits per heavy atom. The predicted molar refractivity (Wildman–Crippen MR) is 133 cm³/mol. The fourth-order valence-corrected chi connectivity index (χ4v) is 10.2. The van der Waals surface area contributed by atoms with Gasteiger partial charge in [0.15, 0.2) is 0 Å². The predicted octanol–water partition coefficient (Wildman–Crippen LogP) is 6.32. The Bertz CT molecular complexity index is 889. The van der Waals surface area contributed by atoms with E-state index >= 15 is 0 Å². The molecule has 4 fully saturated rings. The monoisotopic (exact) mass is 456 g/mol. The van der Waals surface area contributed by atoms with Crippen molar-refractivity contribution in [1.29, 1.82) is 0 Å². The lowest BCUT2D eigenvalue weighted by atomic mass is 9.33. The number of aliphatic hydroxyl groups excluding tert-OH is 2. The number of allylic oxidation sites excluding steroid dienone is 2. The fraction of sp³-hybridized carbons (Fsp3) is 0.900. The van der Waals surface area contributed by atoms with Gasteiger partial charge in [-0.05, 0) is 95.7 Å². The summed E-state index contributed by atoms with van der Waals surface area (Å²) < 4.78 is 0. The van der Waals surface area contributed by atoms with Gasteiger partial charge < -0.3 is 10.2 Å². The molecular formula is C30H48O3. The van der Waals surface area contributed by atoms with Crippen molar-refractivity contribution in [3.8, 4) is 0 Å². The van der Waals surface area contributed by atoms with Crippen LogP contribution in [0.2, 0.25) is 0 Å². The minimum Gasteiger partial charge on any atom is -0.396 e. The van der Waals surface area contributed by atoms with Crippen LogP contribution in [0.4, 0.5) is 0 Å². The Balaban J connectivity index is 1.61. The minimum absolute atomic E-state index is 0.00656. The highest BCUT2D eigenvalue weighted by molar-refractivity contribution is 5.87. The number of ketones is 1. The van der Waals surface area contributed by atoms with Crippen molar-refractivity contribution in [3.63, 3.8) is 0 Å². The van der Waals surface area contributed by atoms with Crippen LogP contribution >= 0.6 is 0 Å². The zero-order chi connectivity index (χ0) is 24.2. The van der Waals surface area contributed by atoms with E-state index in [-0.39, 0.29) is 51.6 Å². The second-order valence-electron chi connectivity index (χ2n) is 15.0. The highest BCUT2D eigenvalue weighted by Crippen LogP contribution is 2.74. The first-order valence-electron chi connectivity index (χ1n) is 13.7. The standard InChI is InChI=1S/C30H48O3/c1-25(2)21-16-20(32)24-19(28(21,5)10-9-23(25)33)8-11-29(6)22-17-26(3,18-31)12-13-27(22,4)14-15-30(24,29)7/h8,21-24,31,33H,9-18H2,1-7H3/t21-,22+,23+,24?,26+,27+,28+,29-,30+/m0/s1. The summed E-state index contributed by atoms with van der Waals surface area (Å²) >= 11 is 0. The van der Waals surface area contributed by atoms with Gasteiger partial charge in [0, 0.05) is 18.9 Å². The molecule has 3 nitrogen and oxygen atoms in total. The van der Waals surface area contributed by atoms with E-state index < -0.39 is 0 Å². The topological polar surface area (TPSA) is 57.5 Å². The molecule has 4 saturated carbocycles. The number of hydrogen-bond donors (Lipinski definition) is 2. The van der Waals surface area contributed by atoms with Crippen LogP contribution in [0.1, 0.15) is 106 Å². The van der Waals surface area contributed by atoms with Crippen LogP contribution in [0.3, 0.4) is 0 Å². The fourth-order valence-electron chi connectivity index (χ4n) is 10.2. The Hall–Kier alpha value is -0.670. The van der Waals surface area contributed by atoms with E-state index in [0.29, 0.717) is 23.5 Å². The van der Waals surface area contributed by atoms with Crippen molar-refractivity contribution in [2.45, 2.75) is 112 Å². The zero-order valence-corrected chi connectivity index (χ0v) is 22.3. The summed E-state index contributed by atoms with van der Waals surface area (Å²) in [5.74, 6) is 1.22. The first kappa shape index (κ1) is 24.0. The van der Waals surface area contributed by atoms with Gasteiger partial charge in [-0.1, -0.05) is 60.1 Å². The van der Waals surface area contributed by atoms with E-state index in [2.05, 4.69) is 54.5 Å². The molecule has 5 aliphatic rings. The second kappa shape index (κ2) is 6.96. The quantitative estimate of drug-likeness (QED) is 0.454. The van der Waals surface area contributed by atoms with E-state index in [1.54, 1.807) is 0 Å². The van der Waals surface area contributed by atoms with Crippen LogP contribution in [-0.2, 0) is 4.79 Å². The van der Waals surface area contributed by atoms with Crippen molar-refractivity contribution in [1.82, 2.24) is 0 Å². The number of fused-ring (bicyclic) bond motifs is 7. The van der Waals surface area contributed by atoms with Crippen molar-refractivity contribution >= 4 is 5.78 Å². The van der Waals surface area contributed by atoms with Gasteiger partial charge in [0.1, 0.15) is 5.78 Å². The lowest BCUT2D eigenvalue weighted by Crippen LogP contribution is -2.65. The molecule has 1 unspecified atom stereocenters. The van der Waals surface area contributed by atoms with Gasteiger partial charge in [0.2, 0.25) is 0 Å². The molecule has 0 bridgehead atoms. The average Bonchev–Trinajstić information content (AvgIpc) is 2.75. The first-order valence-corrected chi connectivity index (χ1v) is 13.7. The summed E-state index contributed by atoms with van der Waals surface area (Å²) in [6.07, 6.45) is 11.4. The molecule has 33 heavy (non-hydrogen) atoms. The van der Waals surface area contributed by atoms with Gasteiger partial charge in [-0.25, -0.2) is 0 Å². The molecule has 2 N–H and O–H groups in total. The van der Waals surface area contributed by atoms with Crippen LogP contribution in [0.25, 0.3) is 0 Å². The third kappa shape index (κ3) is 2.90. The second-order valence-corrected chi connectivity index (χ2v) is 15.0. The van der Waals surface area contributed by atoms with Crippen LogP contribution in [0.15, 0.2) is 11.6 Å². The van der Waals surface area contributed by atoms with E-state index in [9.17, 15) is 15.0 Å². The largest absolute Gasteiger partial charge is 0.396 e. The van der Waals surface area contributed by atoms with E-state index in [0.717, 1.165) is 38.5 Å². The SMILES string of the molecule is CC1(C)[C@H](O)CC[C@]2(C)C3=CC[C@@]4(C)[C@@H]5C[C@](C)(CO)CC[C@]5(C)CC[C@]4(C)C3C(=O)C[C@@H]12. The van der Waals surface area contributed by atoms with E-state index in [1.807, 2.05) is 0 Å². The third-order valence-corrected chi connectivity index (χ3v) is 13.1. The molecule has 186 valence electrons. The maximum Gasteiger partial charge on any atom is 0.140 e. The molecule has 9 atom stereocenters. The van der Waals surface area contributed by atoms with Crippen molar-refractivity contribution < 1.29 is 15.0 Å². The number of carbonyl (C=O) groups excluding carboxylic acids is 1. The Morgan fingerprint density at radius 1 is 0.909 bits per heavy atom. The molecule has 0 saturated heterocycles. The molecule has 3 heteroatoms. The summed E-state index contributed by atoms with van der Waals surface area (Å²) in [7, 11) is 0. The summed E-state index contributed by atoms with van der Waals surface area (Å²) in [5, 5.41) is 21.1. The van der Waals surface area contributed by atoms with Crippen molar-refractivity contribution in [3.05, 3.63) is 11.6 Å². The van der Waals surface area contributed by atoms with Crippen LogP contribution in [0, 0.1) is 50.2 Å². The van der Waals surface area contributed by atoms with Gasteiger partial charge in [-0.2, -0.15) is 0 Å². The molecule has 0 spiro atoms. The number of rotatable bonds is 1. The van der Waals surface area contributed by atoms with E-state index in [1.165, 1.54) is 18.4 Å². The average molecular weight is 457 g/mol. The maximum absolute atomic E-state index is 14.1. The zero-order valence-electron chi connectivity index (χ0n) is 22.3. The van der Waals surface area contributed by atoms with Crippen LogP contribution < -0.4 is 0 Å². The Kier molecular flexibility index (Phi) is 5.07. The molecule has 0 aromatic rings. The van der Waals surface area contributed by atoms with Gasteiger partial charge in [-0.3, -0.25) is 4.79 Å². The molecule has 5 rings (SSSR count). The number of aliphatic hydroxyl groups is 2. The third-order valence-electron chi connectivity index (χ3n) is 13.1. The molecule has 0 aromatic heterocycles. The molecule has 0 amide bonds. The highest BCUT2D eigenvalue weighted by atomic mass is 16.3. The summed E-state index contributed by atoms with van der Waals surface area (Å²) in [6, 6.07) is 0. The van der Waals surface area contributed by atoms with Gasteiger partial charge >= 0.3 is 0 Å². The lowest BCUT2D eigenvalue weighted by molar-refractivity contribution is -0.192. The molecular weight excluding hydrogens is 408 g/mol. The normalized spacial score (nSPS) is 55.5. The number of Topliss-reactive ketones (excluding diaryl/α,β-unsaturated/α-hetero) is 1. The van der Waals surface area contributed by atoms with Gasteiger partial charge in [0.05, 0.1) is 6.10 Å². The van der Waals surface area contributed by atoms with Crippen molar-refractivity contribution in [2.75, 3.05) is 6.61 Å². The van der Waals surface area contributed by atoms with Gasteiger partial charge in [-0.15, -0.1) is 0 Å². The highest BCUT2D eigenvalue weighted by Gasteiger charge is 2.69. The van der Waals surface area contributed by atoms with E-state index in [4.69, 9.17) is 0 Å². The summed E-state index contributed by atoms with van der Waals surface area (Å²) in [4.78, 5) is 14.1. The molecule has 0 aromatic carbocycles. The Morgan fingerprint density at radius 2 is 1.58 bits per heavy atom. The van der Waals surface area contributed by atoms with Crippen LogP contribution in [-0.4, -0.2) is 28.7 Å². The summed E-state index contributed by atoms with van der Waals surface area (Å²) in [6.45, 7) is 16.8. The smallest absolute Gasteiger partial charge is 0.140 e. The summed E-state index contributed by atoms with van der Waals surface area (Å²) in [5.41, 5.74) is 1.58. The Labute approximate surface area is 201 Å². The molecule has 0 heterocycles. The molecule has 5 aliphatic carbocycles. The minimum atomic E-state index is -0.321. The lowest BCUT2D eigenvalue weighted by Gasteiger charge is -2.70. The number of carbonyl (C=O) groups is 1.